The Labute approximate surface area is 156 Å². The standard InChI is InChI=1S/C22H29N3O/c1-3-4-11-25-12-7-10-21(25)19-13-20(15-23-14-19)22(26)24-16-18-9-6-5-8-17(18)2/h5-6,8-9,13-15,21H,3-4,7,10-12,16H2,1-2H3,(H,24,26). The van der Waals surface area contributed by atoms with Crippen LogP contribution in [0.1, 0.15) is 65.7 Å². The quantitative estimate of drug-likeness (QED) is 0.811. The number of amides is 1. The summed E-state index contributed by atoms with van der Waals surface area (Å²) >= 11 is 0. The Hall–Kier alpha value is -2.20. The molecule has 1 N–H and O–H groups in total. The number of carbonyl (C=O) groups excluding carboxylic acids is 1. The van der Waals surface area contributed by atoms with Crippen molar-refractivity contribution >= 4 is 5.91 Å². The van der Waals surface area contributed by atoms with Gasteiger partial charge in [0.1, 0.15) is 0 Å². The number of hydrogen-bond acceptors (Lipinski definition) is 3. The second-order valence-electron chi connectivity index (χ2n) is 7.16. The SMILES string of the molecule is CCCCN1CCCC1c1cncc(C(=O)NCc2ccccc2C)c1. The van der Waals surface area contributed by atoms with E-state index in [0.717, 1.165) is 25.1 Å². The van der Waals surface area contributed by atoms with E-state index in [4.69, 9.17) is 0 Å². The number of nitrogens with one attached hydrogen (secondary N) is 1. The zero-order chi connectivity index (χ0) is 18.4. The number of likely N-dealkylation sites (tertiary alicyclic amines) is 1. The summed E-state index contributed by atoms with van der Waals surface area (Å²) in [4.78, 5) is 19.5. The lowest BCUT2D eigenvalue weighted by Crippen LogP contribution is -2.26. The first-order valence-corrected chi connectivity index (χ1v) is 9.70. The normalized spacial score (nSPS) is 17.4. The number of pyridine rings is 1. The molecule has 26 heavy (non-hydrogen) atoms. The highest BCUT2D eigenvalue weighted by Crippen LogP contribution is 2.32. The van der Waals surface area contributed by atoms with Gasteiger partial charge in [-0.25, -0.2) is 0 Å². The molecule has 138 valence electrons. The molecule has 1 aliphatic rings. The fraction of sp³-hybridized carbons (Fsp3) is 0.455. The Morgan fingerprint density at radius 1 is 1.31 bits per heavy atom. The van der Waals surface area contributed by atoms with Gasteiger partial charge in [-0.2, -0.15) is 0 Å². The lowest BCUT2D eigenvalue weighted by molar-refractivity contribution is 0.0950. The van der Waals surface area contributed by atoms with E-state index in [2.05, 4.69) is 41.2 Å². The Bertz CT molecular complexity index is 744. The van der Waals surface area contributed by atoms with Gasteiger partial charge in [0, 0.05) is 25.0 Å². The van der Waals surface area contributed by atoms with Crippen molar-refractivity contribution < 1.29 is 4.79 Å². The highest BCUT2D eigenvalue weighted by molar-refractivity contribution is 5.94. The van der Waals surface area contributed by atoms with Gasteiger partial charge in [0.15, 0.2) is 0 Å². The number of benzene rings is 1. The molecule has 1 unspecified atom stereocenters. The molecule has 1 aliphatic heterocycles. The second kappa shape index (κ2) is 8.95. The molecule has 2 aromatic rings. The Morgan fingerprint density at radius 2 is 2.15 bits per heavy atom. The van der Waals surface area contributed by atoms with Gasteiger partial charge in [-0.15, -0.1) is 0 Å². The molecular formula is C22H29N3O. The second-order valence-corrected chi connectivity index (χ2v) is 7.16. The van der Waals surface area contributed by atoms with E-state index in [1.54, 1.807) is 6.20 Å². The van der Waals surface area contributed by atoms with Crippen LogP contribution in [0, 0.1) is 6.92 Å². The highest BCUT2D eigenvalue weighted by atomic mass is 16.1. The maximum atomic E-state index is 12.6. The third kappa shape index (κ3) is 4.50. The number of aromatic nitrogens is 1. The van der Waals surface area contributed by atoms with Crippen LogP contribution in [-0.2, 0) is 6.54 Å². The molecular weight excluding hydrogens is 322 g/mol. The number of aryl methyl sites for hydroxylation is 1. The maximum Gasteiger partial charge on any atom is 0.253 e. The predicted molar refractivity (Wildman–Crippen MR) is 105 cm³/mol. The van der Waals surface area contributed by atoms with Crippen molar-refractivity contribution in [3.8, 4) is 0 Å². The summed E-state index contributed by atoms with van der Waals surface area (Å²) < 4.78 is 0. The van der Waals surface area contributed by atoms with Crippen molar-refractivity contribution in [2.45, 2.75) is 52.1 Å². The molecule has 4 heteroatoms. The smallest absolute Gasteiger partial charge is 0.253 e. The molecule has 1 saturated heterocycles. The first-order chi connectivity index (χ1) is 12.7. The van der Waals surface area contributed by atoms with Crippen LogP contribution in [0.15, 0.2) is 42.7 Å². The van der Waals surface area contributed by atoms with Gasteiger partial charge < -0.3 is 5.32 Å². The van der Waals surface area contributed by atoms with Gasteiger partial charge in [0.2, 0.25) is 0 Å². The van der Waals surface area contributed by atoms with E-state index in [-0.39, 0.29) is 5.91 Å². The molecule has 0 spiro atoms. The summed E-state index contributed by atoms with van der Waals surface area (Å²) in [5.41, 5.74) is 4.16. The van der Waals surface area contributed by atoms with Crippen LogP contribution in [0.5, 0.6) is 0 Å². The Kier molecular flexibility index (Phi) is 6.40. The first-order valence-electron chi connectivity index (χ1n) is 9.70. The van der Waals surface area contributed by atoms with Crippen LogP contribution in [0.4, 0.5) is 0 Å². The predicted octanol–water partition coefficient (Wildman–Crippen LogP) is 4.26. The number of carbonyl (C=O) groups is 1. The topological polar surface area (TPSA) is 45.2 Å². The molecule has 0 radical (unpaired) electrons. The molecule has 1 atom stereocenters. The van der Waals surface area contributed by atoms with Gasteiger partial charge in [0.25, 0.3) is 5.91 Å². The third-order valence-electron chi connectivity index (χ3n) is 5.27. The number of unbranched alkanes of at least 4 members (excludes halogenated alkanes) is 1. The van der Waals surface area contributed by atoms with E-state index in [1.807, 2.05) is 24.4 Å². The third-order valence-corrected chi connectivity index (χ3v) is 5.27. The number of hydrogen-bond donors (Lipinski definition) is 1. The Morgan fingerprint density at radius 3 is 2.96 bits per heavy atom. The zero-order valence-corrected chi connectivity index (χ0v) is 15.9. The fourth-order valence-corrected chi connectivity index (χ4v) is 3.68. The first kappa shape index (κ1) is 18.6. The van der Waals surface area contributed by atoms with Crippen LogP contribution < -0.4 is 5.32 Å². The molecule has 0 bridgehead atoms. The van der Waals surface area contributed by atoms with Crippen molar-refractivity contribution in [1.82, 2.24) is 15.2 Å². The van der Waals surface area contributed by atoms with Crippen molar-refractivity contribution in [3.05, 3.63) is 65.0 Å². The summed E-state index contributed by atoms with van der Waals surface area (Å²) in [5.74, 6) is -0.0549. The van der Waals surface area contributed by atoms with E-state index < -0.39 is 0 Å². The van der Waals surface area contributed by atoms with Crippen LogP contribution in [0.25, 0.3) is 0 Å². The van der Waals surface area contributed by atoms with Gasteiger partial charge in [-0.3, -0.25) is 14.7 Å². The van der Waals surface area contributed by atoms with Crippen LogP contribution >= 0.6 is 0 Å². The lowest BCUT2D eigenvalue weighted by atomic mass is 10.0. The van der Waals surface area contributed by atoms with Gasteiger partial charge in [0.05, 0.1) is 5.56 Å². The summed E-state index contributed by atoms with van der Waals surface area (Å²) in [6.07, 6.45) is 8.40. The summed E-state index contributed by atoms with van der Waals surface area (Å²) in [6, 6.07) is 10.6. The minimum atomic E-state index is -0.0549. The average molecular weight is 351 g/mol. The Balaban J connectivity index is 1.66. The molecule has 1 aromatic heterocycles. The highest BCUT2D eigenvalue weighted by Gasteiger charge is 2.26. The van der Waals surface area contributed by atoms with Gasteiger partial charge >= 0.3 is 0 Å². The van der Waals surface area contributed by atoms with Crippen molar-refractivity contribution in [3.63, 3.8) is 0 Å². The van der Waals surface area contributed by atoms with Gasteiger partial charge in [-0.05, 0) is 62.0 Å². The summed E-state index contributed by atoms with van der Waals surface area (Å²) in [7, 11) is 0. The average Bonchev–Trinajstić information content (AvgIpc) is 3.14. The van der Waals surface area contributed by atoms with Crippen LogP contribution in [0.2, 0.25) is 0 Å². The van der Waals surface area contributed by atoms with E-state index in [0.29, 0.717) is 18.2 Å². The number of rotatable bonds is 7. The van der Waals surface area contributed by atoms with E-state index in [1.165, 1.54) is 30.4 Å². The molecule has 2 heterocycles. The van der Waals surface area contributed by atoms with Crippen LogP contribution in [-0.4, -0.2) is 28.9 Å². The fourth-order valence-electron chi connectivity index (χ4n) is 3.68. The largest absolute Gasteiger partial charge is 0.348 e. The lowest BCUT2D eigenvalue weighted by Gasteiger charge is -2.24. The maximum absolute atomic E-state index is 12.6. The molecule has 0 saturated carbocycles. The molecule has 1 fully saturated rings. The minimum absolute atomic E-state index is 0.0549. The monoisotopic (exact) mass is 351 g/mol. The van der Waals surface area contributed by atoms with Crippen molar-refractivity contribution in [1.29, 1.82) is 0 Å². The van der Waals surface area contributed by atoms with E-state index >= 15 is 0 Å². The van der Waals surface area contributed by atoms with Crippen LogP contribution in [0.3, 0.4) is 0 Å². The summed E-state index contributed by atoms with van der Waals surface area (Å²) in [5, 5.41) is 3.03. The molecule has 4 nitrogen and oxygen atoms in total. The molecule has 1 amide bonds. The van der Waals surface area contributed by atoms with E-state index in [9.17, 15) is 4.79 Å². The van der Waals surface area contributed by atoms with Crippen molar-refractivity contribution in [2.24, 2.45) is 0 Å². The van der Waals surface area contributed by atoms with Gasteiger partial charge in [-0.1, -0.05) is 37.6 Å². The summed E-state index contributed by atoms with van der Waals surface area (Å²) in [6.45, 7) is 7.11. The molecule has 1 aromatic carbocycles. The minimum Gasteiger partial charge on any atom is -0.348 e. The van der Waals surface area contributed by atoms with Crippen molar-refractivity contribution in [2.75, 3.05) is 13.1 Å². The number of nitrogens with zero attached hydrogens (tertiary/aromatic N) is 2. The zero-order valence-electron chi connectivity index (χ0n) is 15.9. The molecule has 3 rings (SSSR count). The molecule has 0 aliphatic carbocycles.